The topological polar surface area (TPSA) is 41.5 Å². The summed E-state index contributed by atoms with van der Waals surface area (Å²) < 4.78 is 0. The second kappa shape index (κ2) is 9.24. The van der Waals surface area contributed by atoms with Gasteiger partial charge in [-0.2, -0.15) is 5.10 Å². The predicted octanol–water partition coefficient (Wildman–Crippen LogP) is 5.41. The number of halogens is 1. The smallest absolute Gasteiger partial charge is 0.250 e. The lowest BCUT2D eigenvalue weighted by Crippen LogP contribution is -2.21. The van der Waals surface area contributed by atoms with Crippen molar-refractivity contribution in [3.8, 4) is 0 Å². The summed E-state index contributed by atoms with van der Waals surface area (Å²) in [6, 6.07) is 16.0. The Morgan fingerprint density at radius 2 is 1.77 bits per heavy atom. The van der Waals surface area contributed by atoms with Crippen LogP contribution in [0, 0.1) is 0 Å². The molecular formula is C21H25ClN2OS. The molecule has 26 heavy (non-hydrogen) atoms. The number of rotatable bonds is 6. The van der Waals surface area contributed by atoms with E-state index in [9.17, 15) is 4.79 Å². The molecule has 5 heteroatoms. The summed E-state index contributed by atoms with van der Waals surface area (Å²) in [5.74, 6) is 0.919. The average Bonchev–Trinajstić information content (AvgIpc) is 2.60. The monoisotopic (exact) mass is 388 g/mol. The molecule has 1 N–H and O–H groups in total. The second-order valence-electron chi connectivity index (χ2n) is 7.14. The van der Waals surface area contributed by atoms with E-state index < -0.39 is 0 Å². The van der Waals surface area contributed by atoms with E-state index in [-0.39, 0.29) is 11.3 Å². The van der Waals surface area contributed by atoms with Gasteiger partial charge in [0, 0.05) is 10.8 Å². The molecule has 0 heterocycles. The van der Waals surface area contributed by atoms with Crippen LogP contribution in [0.4, 0.5) is 0 Å². The van der Waals surface area contributed by atoms with Gasteiger partial charge >= 0.3 is 0 Å². The molecule has 0 aliphatic heterocycles. The summed E-state index contributed by atoms with van der Waals surface area (Å²) >= 11 is 7.63. The van der Waals surface area contributed by atoms with Crippen molar-refractivity contribution in [2.24, 2.45) is 5.10 Å². The van der Waals surface area contributed by atoms with Gasteiger partial charge in [0.2, 0.25) is 5.91 Å². The molecule has 0 atom stereocenters. The second-order valence-corrected chi connectivity index (χ2v) is 8.54. The van der Waals surface area contributed by atoms with Gasteiger partial charge < -0.3 is 0 Å². The van der Waals surface area contributed by atoms with Crippen molar-refractivity contribution in [1.29, 1.82) is 0 Å². The third-order valence-corrected chi connectivity index (χ3v) is 5.32. The maximum absolute atomic E-state index is 12.0. The van der Waals surface area contributed by atoms with Gasteiger partial charge in [-0.25, -0.2) is 5.43 Å². The number of hydrazone groups is 1. The Kier molecular flexibility index (Phi) is 7.30. The van der Waals surface area contributed by atoms with Crippen LogP contribution in [-0.2, 0) is 16.0 Å². The standard InChI is InChI=1S/C21H25ClN2OS/c1-15(16-9-11-18(12-10-16)21(2,3)4)23-24-20(25)14-26-13-17-7-5-6-8-19(17)22/h5-12H,13-14H2,1-4H3,(H,24,25)/b23-15+. The summed E-state index contributed by atoms with van der Waals surface area (Å²) in [6.07, 6.45) is 0. The first-order valence-corrected chi connectivity index (χ1v) is 10.1. The Bertz CT molecular complexity index is 779. The molecule has 2 aromatic carbocycles. The van der Waals surface area contributed by atoms with Crippen LogP contribution in [0.2, 0.25) is 5.02 Å². The van der Waals surface area contributed by atoms with Crippen LogP contribution in [0.1, 0.15) is 44.4 Å². The Labute approximate surface area is 165 Å². The van der Waals surface area contributed by atoms with Crippen molar-refractivity contribution in [3.63, 3.8) is 0 Å². The Morgan fingerprint density at radius 1 is 1.12 bits per heavy atom. The number of carbonyl (C=O) groups excluding carboxylic acids is 1. The van der Waals surface area contributed by atoms with Gasteiger partial charge in [0.15, 0.2) is 0 Å². The van der Waals surface area contributed by atoms with Crippen LogP contribution in [0.15, 0.2) is 53.6 Å². The molecule has 0 bridgehead atoms. The van der Waals surface area contributed by atoms with Gasteiger partial charge in [-0.3, -0.25) is 4.79 Å². The number of thioether (sulfide) groups is 1. The van der Waals surface area contributed by atoms with E-state index >= 15 is 0 Å². The first kappa shape index (κ1) is 20.5. The normalized spacial score (nSPS) is 12.1. The van der Waals surface area contributed by atoms with Gasteiger partial charge in [0.1, 0.15) is 0 Å². The molecule has 2 rings (SSSR count). The van der Waals surface area contributed by atoms with Crippen LogP contribution in [0.5, 0.6) is 0 Å². The molecule has 0 aromatic heterocycles. The summed E-state index contributed by atoms with van der Waals surface area (Å²) in [6.45, 7) is 8.44. The molecule has 0 saturated carbocycles. The minimum atomic E-state index is -0.118. The van der Waals surface area contributed by atoms with Gasteiger partial charge in [-0.1, -0.05) is 74.8 Å². The van der Waals surface area contributed by atoms with Crippen LogP contribution in [0.25, 0.3) is 0 Å². The molecule has 2 aromatic rings. The number of nitrogens with one attached hydrogen (secondary N) is 1. The minimum Gasteiger partial charge on any atom is -0.272 e. The van der Waals surface area contributed by atoms with Crippen molar-refractivity contribution in [2.45, 2.75) is 38.9 Å². The number of hydrogen-bond donors (Lipinski definition) is 1. The molecule has 0 aliphatic rings. The molecule has 0 spiro atoms. The largest absolute Gasteiger partial charge is 0.272 e. The van der Waals surface area contributed by atoms with Crippen LogP contribution in [-0.4, -0.2) is 17.4 Å². The van der Waals surface area contributed by atoms with E-state index in [0.717, 1.165) is 21.9 Å². The molecule has 0 radical (unpaired) electrons. The fraction of sp³-hybridized carbons (Fsp3) is 0.333. The van der Waals surface area contributed by atoms with Crippen molar-refractivity contribution in [1.82, 2.24) is 5.43 Å². The zero-order chi connectivity index (χ0) is 19.2. The third-order valence-electron chi connectivity index (χ3n) is 3.97. The van der Waals surface area contributed by atoms with E-state index in [0.29, 0.717) is 11.5 Å². The lowest BCUT2D eigenvalue weighted by molar-refractivity contribution is -0.118. The SMILES string of the molecule is C/C(=N\NC(=O)CSCc1ccccc1Cl)c1ccc(C(C)(C)C)cc1. The maximum Gasteiger partial charge on any atom is 0.250 e. The van der Waals surface area contributed by atoms with Crippen molar-refractivity contribution in [2.75, 3.05) is 5.75 Å². The van der Waals surface area contributed by atoms with E-state index in [4.69, 9.17) is 11.6 Å². The molecule has 0 unspecified atom stereocenters. The minimum absolute atomic E-state index is 0.118. The Morgan fingerprint density at radius 3 is 2.38 bits per heavy atom. The molecule has 0 saturated heterocycles. The maximum atomic E-state index is 12.0. The lowest BCUT2D eigenvalue weighted by atomic mass is 9.86. The highest BCUT2D eigenvalue weighted by atomic mass is 35.5. The zero-order valence-corrected chi connectivity index (χ0v) is 17.2. The van der Waals surface area contributed by atoms with E-state index in [2.05, 4.69) is 43.4 Å². The fourth-order valence-electron chi connectivity index (χ4n) is 2.32. The van der Waals surface area contributed by atoms with Crippen LogP contribution >= 0.6 is 23.4 Å². The van der Waals surface area contributed by atoms with Gasteiger partial charge in [0.25, 0.3) is 0 Å². The van der Waals surface area contributed by atoms with Gasteiger partial charge in [-0.15, -0.1) is 11.8 Å². The number of amides is 1. The van der Waals surface area contributed by atoms with E-state index in [1.165, 1.54) is 17.3 Å². The number of carbonyl (C=O) groups is 1. The Hall–Kier alpha value is -1.78. The third kappa shape index (κ3) is 6.19. The Balaban J connectivity index is 1.84. The molecule has 1 amide bonds. The van der Waals surface area contributed by atoms with Crippen molar-refractivity contribution >= 4 is 35.0 Å². The van der Waals surface area contributed by atoms with E-state index in [1.807, 2.05) is 43.3 Å². The fourth-order valence-corrected chi connectivity index (χ4v) is 3.43. The number of nitrogens with zero attached hydrogens (tertiary/aromatic N) is 1. The summed E-state index contributed by atoms with van der Waals surface area (Å²) in [7, 11) is 0. The first-order chi connectivity index (χ1) is 12.3. The predicted molar refractivity (Wildman–Crippen MR) is 113 cm³/mol. The average molecular weight is 389 g/mol. The quantitative estimate of drug-likeness (QED) is 0.530. The number of hydrogen-bond acceptors (Lipinski definition) is 3. The lowest BCUT2D eigenvalue weighted by Gasteiger charge is -2.19. The zero-order valence-electron chi connectivity index (χ0n) is 15.7. The highest BCUT2D eigenvalue weighted by Gasteiger charge is 2.13. The van der Waals surface area contributed by atoms with E-state index in [1.54, 1.807) is 0 Å². The highest BCUT2D eigenvalue weighted by Crippen LogP contribution is 2.22. The van der Waals surface area contributed by atoms with Gasteiger partial charge in [-0.05, 0) is 35.1 Å². The van der Waals surface area contributed by atoms with Gasteiger partial charge in [0.05, 0.1) is 11.5 Å². The van der Waals surface area contributed by atoms with Crippen molar-refractivity contribution in [3.05, 3.63) is 70.2 Å². The molecular weight excluding hydrogens is 364 g/mol. The first-order valence-electron chi connectivity index (χ1n) is 8.52. The highest BCUT2D eigenvalue weighted by molar-refractivity contribution is 7.99. The van der Waals surface area contributed by atoms with Crippen LogP contribution < -0.4 is 5.43 Å². The summed E-state index contributed by atoms with van der Waals surface area (Å²) in [5, 5.41) is 4.94. The number of benzene rings is 2. The molecule has 0 fully saturated rings. The molecule has 138 valence electrons. The van der Waals surface area contributed by atoms with Crippen molar-refractivity contribution < 1.29 is 4.79 Å². The van der Waals surface area contributed by atoms with Crippen LogP contribution in [0.3, 0.4) is 0 Å². The molecule has 3 nitrogen and oxygen atoms in total. The molecule has 0 aliphatic carbocycles. The summed E-state index contributed by atoms with van der Waals surface area (Å²) in [5.41, 5.74) is 6.84. The summed E-state index contributed by atoms with van der Waals surface area (Å²) in [4.78, 5) is 12.0.